The van der Waals surface area contributed by atoms with Gasteiger partial charge < -0.3 is 10.6 Å². The molecule has 5 nitrogen and oxygen atoms in total. The topological polar surface area (TPSA) is 62.7 Å². The molecule has 0 atom stereocenters. The molecule has 0 radical (unpaired) electrons. The summed E-state index contributed by atoms with van der Waals surface area (Å²) in [5.41, 5.74) is 4.79. The van der Waals surface area contributed by atoms with Crippen molar-refractivity contribution < 1.29 is 0 Å². The first-order valence-electron chi connectivity index (χ1n) is 9.69. The van der Waals surface area contributed by atoms with E-state index in [2.05, 4.69) is 15.6 Å². The number of anilines is 3. The fraction of sp³-hybridized carbons (Fsp3) is 0.318. The number of hydrogen-bond acceptors (Lipinski definition) is 5. The maximum absolute atomic E-state index is 6.18. The first-order chi connectivity index (χ1) is 13.6. The molecule has 1 fully saturated rings. The first kappa shape index (κ1) is 18.7. The highest BCUT2D eigenvalue weighted by Crippen LogP contribution is 2.29. The van der Waals surface area contributed by atoms with E-state index >= 15 is 0 Å². The summed E-state index contributed by atoms with van der Waals surface area (Å²) < 4.78 is 0. The van der Waals surface area contributed by atoms with Crippen LogP contribution in [0.15, 0.2) is 42.6 Å². The largest absolute Gasteiger partial charge is 0.351 e. The van der Waals surface area contributed by atoms with Crippen LogP contribution in [0.4, 0.5) is 17.5 Å². The van der Waals surface area contributed by atoms with Gasteiger partial charge in [-0.2, -0.15) is 4.98 Å². The van der Waals surface area contributed by atoms with Gasteiger partial charge in [-0.1, -0.05) is 30.5 Å². The van der Waals surface area contributed by atoms with Crippen molar-refractivity contribution in [3.63, 3.8) is 0 Å². The minimum atomic E-state index is 0.436. The van der Waals surface area contributed by atoms with E-state index in [0.29, 0.717) is 12.0 Å². The molecule has 2 N–H and O–H groups in total. The average molecular weight is 394 g/mol. The van der Waals surface area contributed by atoms with Crippen molar-refractivity contribution in [2.45, 2.75) is 45.6 Å². The van der Waals surface area contributed by atoms with Gasteiger partial charge in [-0.25, -0.2) is 4.98 Å². The summed E-state index contributed by atoms with van der Waals surface area (Å²) in [5, 5.41) is 7.71. The SMILES string of the molecule is Cc1cc(Cl)cc(C)c1Nc1cc(-c2ccccn2)nc(NC2CCCC2)n1. The Morgan fingerprint density at radius 1 is 0.964 bits per heavy atom. The third-order valence-corrected chi connectivity index (χ3v) is 5.31. The summed E-state index contributed by atoms with van der Waals surface area (Å²) in [6.45, 7) is 4.08. The highest BCUT2D eigenvalue weighted by molar-refractivity contribution is 6.30. The van der Waals surface area contributed by atoms with Crippen molar-refractivity contribution >= 4 is 29.1 Å². The lowest BCUT2D eigenvalue weighted by molar-refractivity contribution is 0.744. The van der Waals surface area contributed by atoms with Gasteiger partial charge in [-0.3, -0.25) is 4.98 Å². The molecule has 0 unspecified atom stereocenters. The Hall–Kier alpha value is -2.66. The maximum atomic E-state index is 6.18. The molecule has 0 amide bonds. The molecule has 1 aromatic carbocycles. The van der Waals surface area contributed by atoms with Gasteiger partial charge in [0.15, 0.2) is 0 Å². The molecule has 1 aliphatic carbocycles. The molecule has 0 saturated heterocycles. The first-order valence-corrected chi connectivity index (χ1v) is 10.1. The predicted octanol–water partition coefficient (Wildman–Crippen LogP) is 5.91. The number of aryl methyl sites for hydroxylation is 2. The van der Waals surface area contributed by atoms with Crippen LogP contribution in [0.5, 0.6) is 0 Å². The number of rotatable bonds is 5. The summed E-state index contributed by atoms with van der Waals surface area (Å²) in [5.74, 6) is 1.38. The molecule has 28 heavy (non-hydrogen) atoms. The summed E-state index contributed by atoms with van der Waals surface area (Å²) in [7, 11) is 0. The smallest absolute Gasteiger partial charge is 0.225 e. The van der Waals surface area contributed by atoms with E-state index < -0.39 is 0 Å². The molecule has 144 valence electrons. The standard InChI is InChI=1S/C22H24ClN5/c1-14-11-16(23)12-15(2)21(14)27-20-13-19(18-9-5-6-10-24-18)26-22(28-20)25-17-7-3-4-8-17/h5-6,9-13,17H,3-4,7-8H2,1-2H3,(H2,25,26,27,28). The monoisotopic (exact) mass is 393 g/mol. The van der Waals surface area contributed by atoms with E-state index in [0.717, 1.165) is 51.9 Å². The average Bonchev–Trinajstić information content (AvgIpc) is 3.18. The number of halogens is 1. The summed E-state index contributed by atoms with van der Waals surface area (Å²) >= 11 is 6.18. The highest BCUT2D eigenvalue weighted by Gasteiger charge is 2.17. The van der Waals surface area contributed by atoms with Gasteiger partial charge in [-0.05, 0) is 62.1 Å². The van der Waals surface area contributed by atoms with Crippen LogP contribution in [-0.4, -0.2) is 21.0 Å². The molecule has 4 rings (SSSR count). The van der Waals surface area contributed by atoms with Crippen LogP contribution in [0.3, 0.4) is 0 Å². The summed E-state index contributed by atoms with van der Waals surface area (Å²) in [6.07, 6.45) is 6.62. The molecule has 0 aliphatic heterocycles. The quantitative estimate of drug-likeness (QED) is 0.564. The lowest BCUT2D eigenvalue weighted by Crippen LogP contribution is -2.17. The Morgan fingerprint density at radius 2 is 1.71 bits per heavy atom. The third-order valence-electron chi connectivity index (χ3n) is 5.09. The second kappa shape index (κ2) is 8.15. The van der Waals surface area contributed by atoms with Crippen LogP contribution in [0.1, 0.15) is 36.8 Å². The lowest BCUT2D eigenvalue weighted by atomic mass is 10.1. The molecule has 1 saturated carbocycles. The number of hydrogen-bond donors (Lipinski definition) is 2. The van der Waals surface area contributed by atoms with Crippen molar-refractivity contribution in [1.29, 1.82) is 0 Å². The van der Waals surface area contributed by atoms with E-state index in [1.807, 2.05) is 50.2 Å². The van der Waals surface area contributed by atoms with E-state index in [1.54, 1.807) is 6.20 Å². The zero-order chi connectivity index (χ0) is 19.5. The Labute approximate surface area is 170 Å². The second-order valence-corrected chi connectivity index (χ2v) is 7.78. The van der Waals surface area contributed by atoms with Crippen LogP contribution in [0.25, 0.3) is 11.4 Å². The van der Waals surface area contributed by atoms with Gasteiger partial charge in [0, 0.05) is 29.0 Å². The van der Waals surface area contributed by atoms with Gasteiger partial charge in [0.1, 0.15) is 5.82 Å². The molecule has 1 aliphatic rings. The Morgan fingerprint density at radius 3 is 2.39 bits per heavy atom. The van der Waals surface area contributed by atoms with Gasteiger partial charge in [0.25, 0.3) is 0 Å². The van der Waals surface area contributed by atoms with Crippen molar-refractivity contribution in [2.24, 2.45) is 0 Å². The third kappa shape index (κ3) is 4.25. The van der Waals surface area contributed by atoms with E-state index in [-0.39, 0.29) is 0 Å². The number of nitrogens with one attached hydrogen (secondary N) is 2. The number of aromatic nitrogens is 3. The normalized spacial score (nSPS) is 14.2. The van der Waals surface area contributed by atoms with Crippen LogP contribution >= 0.6 is 11.6 Å². The molecule has 6 heteroatoms. The van der Waals surface area contributed by atoms with Gasteiger partial charge in [0.2, 0.25) is 5.95 Å². The highest BCUT2D eigenvalue weighted by atomic mass is 35.5. The van der Waals surface area contributed by atoms with Crippen molar-refractivity contribution in [1.82, 2.24) is 15.0 Å². The van der Waals surface area contributed by atoms with E-state index in [4.69, 9.17) is 21.6 Å². The van der Waals surface area contributed by atoms with E-state index in [9.17, 15) is 0 Å². The molecule has 3 aromatic rings. The zero-order valence-corrected chi connectivity index (χ0v) is 16.9. The minimum Gasteiger partial charge on any atom is -0.351 e. The lowest BCUT2D eigenvalue weighted by Gasteiger charge is -2.16. The predicted molar refractivity (Wildman–Crippen MR) is 115 cm³/mol. The molecule has 2 heterocycles. The fourth-order valence-electron chi connectivity index (χ4n) is 3.71. The molecule has 2 aromatic heterocycles. The number of nitrogens with zero attached hydrogens (tertiary/aromatic N) is 3. The van der Waals surface area contributed by atoms with Crippen LogP contribution in [0.2, 0.25) is 5.02 Å². The minimum absolute atomic E-state index is 0.436. The van der Waals surface area contributed by atoms with Crippen molar-refractivity contribution in [2.75, 3.05) is 10.6 Å². The Balaban J connectivity index is 1.71. The summed E-state index contributed by atoms with van der Waals surface area (Å²) in [6, 6.07) is 12.1. The van der Waals surface area contributed by atoms with Crippen LogP contribution in [-0.2, 0) is 0 Å². The summed E-state index contributed by atoms with van der Waals surface area (Å²) in [4.78, 5) is 13.9. The Kier molecular flexibility index (Phi) is 5.44. The van der Waals surface area contributed by atoms with Crippen molar-refractivity contribution in [3.8, 4) is 11.4 Å². The van der Waals surface area contributed by atoms with Gasteiger partial charge in [-0.15, -0.1) is 0 Å². The number of benzene rings is 1. The van der Waals surface area contributed by atoms with Crippen LogP contribution < -0.4 is 10.6 Å². The zero-order valence-electron chi connectivity index (χ0n) is 16.2. The van der Waals surface area contributed by atoms with E-state index in [1.165, 1.54) is 12.8 Å². The molecular weight excluding hydrogens is 370 g/mol. The maximum Gasteiger partial charge on any atom is 0.225 e. The molecule has 0 bridgehead atoms. The van der Waals surface area contributed by atoms with Crippen molar-refractivity contribution in [3.05, 3.63) is 58.7 Å². The fourth-order valence-corrected chi connectivity index (χ4v) is 4.04. The Bertz CT molecular complexity index is 945. The number of pyridine rings is 1. The second-order valence-electron chi connectivity index (χ2n) is 7.34. The molecular formula is C22H24ClN5. The molecule has 0 spiro atoms. The van der Waals surface area contributed by atoms with Crippen LogP contribution in [0, 0.1) is 13.8 Å². The van der Waals surface area contributed by atoms with Gasteiger partial charge in [0.05, 0.1) is 11.4 Å². The van der Waals surface area contributed by atoms with Gasteiger partial charge >= 0.3 is 0 Å².